The van der Waals surface area contributed by atoms with Crippen molar-refractivity contribution in [1.29, 1.82) is 0 Å². The van der Waals surface area contributed by atoms with Crippen LogP contribution >= 0.6 is 12.2 Å². The molecular weight excluding hydrogens is 262 g/mol. The first kappa shape index (κ1) is 15.6. The largest absolute Gasteiger partial charge is 0.379 e. The van der Waals surface area contributed by atoms with Crippen molar-refractivity contribution in [2.45, 2.75) is 32.7 Å². The lowest BCUT2D eigenvalue weighted by atomic mass is 10.0. The number of hydrogen-bond donors (Lipinski definition) is 2. The Bertz CT molecular complexity index is 393. The van der Waals surface area contributed by atoms with E-state index in [1.165, 1.54) is 6.33 Å². The smallest absolute Gasteiger partial charge is 0.217 e. The Morgan fingerprint density at radius 1 is 1.58 bits per heavy atom. The lowest BCUT2D eigenvalue weighted by molar-refractivity contribution is -0.118. The van der Waals surface area contributed by atoms with Gasteiger partial charge in [-0.3, -0.25) is 9.48 Å². The summed E-state index contributed by atoms with van der Waals surface area (Å²) in [7, 11) is 0. The van der Waals surface area contributed by atoms with Gasteiger partial charge in [0.15, 0.2) is 0 Å². The van der Waals surface area contributed by atoms with Crippen molar-refractivity contribution in [2.75, 3.05) is 6.54 Å². The van der Waals surface area contributed by atoms with E-state index in [0.717, 1.165) is 25.9 Å². The minimum Gasteiger partial charge on any atom is -0.379 e. The number of unbranched alkanes of at least 4 members (excludes halogenated alkanes) is 1. The molecule has 0 unspecified atom stereocenters. The summed E-state index contributed by atoms with van der Waals surface area (Å²) in [6, 6.07) is 0. The first-order chi connectivity index (χ1) is 9.08. The highest BCUT2D eigenvalue weighted by Gasteiger charge is 2.08. The molecule has 0 spiro atoms. The minimum absolute atomic E-state index is 0.0765. The van der Waals surface area contributed by atoms with Crippen molar-refractivity contribution < 1.29 is 4.79 Å². The van der Waals surface area contributed by atoms with Crippen LogP contribution in [0.25, 0.3) is 0 Å². The lowest BCUT2D eigenvalue weighted by Gasteiger charge is -2.11. The maximum absolute atomic E-state index is 10.7. The van der Waals surface area contributed by atoms with Gasteiger partial charge in [0.05, 0.1) is 4.99 Å². The minimum atomic E-state index is -0.306. The molecule has 0 fully saturated rings. The predicted molar refractivity (Wildman–Crippen MR) is 77.1 cm³/mol. The maximum Gasteiger partial charge on any atom is 0.217 e. The Morgan fingerprint density at radius 2 is 2.37 bits per heavy atom. The van der Waals surface area contributed by atoms with Crippen LogP contribution in [0.1, 0.15) is 26.2 Å². The zero-order valence-electron chi connectivity index (χ0n) is 11.1. The topological polar surface area (TPSA) is 85.8 Å². The zero-order chi connectivity index (χ0) is 14.1. The Labute approximate surface area is 118 Å². The molecule has 19 heavy (non-hydrogen) atoms. The molecule has 1 radical (unpaired) electrons. The quantitative estimate of drug-likeness (QED) is 0.514. The summed E-state index contributed by atoms with van der Waals surface area (Å²) in [5.41, 5.74) is 5.12. The number of hydrogen-bond acceptors (Lipinski definition) is 4. The van der Waals surface area contributed by atoms with Crippen LogP contribution in [0, 0.1) is 12.3 Å². The Morgan fingerprint density at radius 3 is 3.00 bits per heavy atom. The highest BCUT2D eigenvalue weighted by Crippen LogP contribution is 2.06. The highest BCUT2D eigenvalue weighted by molar-refractivity contribution is 7.80. The number of primary amides is 1. The summed E-state index contributed by atoms with van der Waals surface area (Å²) < 4.78 is 1.80. The van der Waals surface area contributed by atoms with Crippen LogP contribution in [-0.2, 0) is 11.3 Å². The molecule has 1 amide bonds. The number of rotatable bonds is 9. The van der Waals surface area contributed by atoms with Crippen molar-refractivity contribution in [3.05, 3.63) is 19.1 Å². The molecule has 0 saturated heterocycles. The van der Waals surface area contributed by atoms with Crippen LogP contribution in [0.15, 0.2) is 12.7 Å². The molecule has 0 saturated carbocycles. The van der Waals surface area contributed by atoms with Gasteiger partial charge in [-0.15, -0.1) is 0 Å². The summed E-state index contributed by atoms with van der Waals surface area (Å²) >= 11 is 5.17. The molecule has 1 heterocycles. The van der Waals surface area contributed by atoms with Crippen LogP contribution in [-0.4, -0.2) is 32.2 Å². The van der Waals surface area contributed by atoms with Gasteiger partial charge in [-0.25, -0.2) is 4.98 Å². The second kappa shape index (κ2) is 8.58. The Hall–Kier alpha value is -1.50. The molecule has 1 aromatic heterocycles. The van der Waals surface area contributed by atoms with Crippen LogP contribution < -0.4 is 11.1 Å². The number of nitrogens with zero attached hydrogens (tertiary/aromatic N) is 3. The molecule has 6 nitrogen and oxygen atoms in total. The molecule has 0 bridgehead atoms. The van der Waals surface area contributed by atoms with Gasteiger partial charge < -0.3 is 11.1 Å². The third kappa shape index (κ3) is 7.50. The monoisotopic (exact) mass is 282 g/mol. The number of carbonyl (C=O) groups is 1. The average molecular weight is 282 g/mol. The average Bonchev–Trinajstić information content (AvgIpc) is 2.80. The third-order valence-corrected chi connectivity index (χ3v) is 2.82. The van der Waals surface area contributed by atoms with E-state index in [1.54, 1.807) is 11.0 Å². The van der Waals surface area contributed by atoms with Crippen LogP contribution in [0.3, 0.4) is 0 Å². The van der Waals surface area contributed by atoms with Gasteiger partial charge in [-0.1, -0.05) is 19.1 Å². The summed E-state index contributed by atoms with van der Waals surface area (Å²) in [5.74, 6) is -0.230. The van der Waals surface area contributed by atoms with Crippen LogP contribution in [0.2, 0.25) is 0 Å². The Kier molecular flexibility index (Phi) is 7.02. The Balaban J connectivity index is 2.02. The van der Waals surface area contributed by atoms with Gasteiger partial charge in [-0.2, -0.15) is 5.10 Å². The van der Waals surface area contributed by atoms with Crippen molar-refractivity contribution in [2.24, 2.45) is 11.7 Å². The van der Waals surface area contributed by atoms with Gasteiger partial charge >= 0.3 is 0 Å². The molecule has 1 rings (SSSR count). The molecule has 7 heteroatoms. The number of amides is 1. The standard InChI is InChI=1S/C12H20N5OS/c1-10(6-11(13)18)7-12(19)15-4-2-3-5-17-9-14-8-16-17/h7-10H,2-6H2,1H3,(H2,13,18)(H,15,19)/t10-/m1/s1. The fourth-order valence-electron chi connectivity index (χ4n) is 1.65. The second-order valence-corrected chi connectivity index (χ2v) is 4.91. The van der Waals surface area contributed by atoms with E-state index < -0.39 is 0 Å². The molecule has 0 aliphatic rings. The number of nitrogens with two attached hydrogens (primary N) is 1. The summed E-state index contributed by atoms with van der Waals surface area (Å²) in [6.07, 6.45) is 7.43. The normalized spacial score (nSPS) is 12.1. The second-order valence-electron chi connectivity index (χ2n) is 4.47. The van der Waals surface area contributed by atoms with Crippen LogP contribution in [0.5, 0.6) is 0 Å². The van der Waals surface area contributed by atoms with Crippen LogP contribution in [0.4, 0.5) is 0 Å². The first-order valence-corrected chi connectivity index (χ1v) is 6.72. The third-order valence-electron chi connectivity index (χ3n) is 2.54. The van der Waals surface area contributed by atoms with E-state index in [4.69, 9.17) is 18.0 Å². The molecular formula is C12H20N5OS. The predicted octanol–water partition coefficient (Wildman–Crippen LogP) is 0.691. The molecule has 1 atom stereocenters. The van der Waals surface area contributed by atoms with Crippen molar-refractivity contribution >= 4 is 23.1 Å². The maximum atomic E-state index is 10.7. The van der Waals surface area contributed by atoms with E-state index in [1.807, 2.05) is 13.3 Å². The van der Waals surface area contributed by atoms with E-state index >= 15 is 0 Å². The number of aryl methyl sites for hydroxylation is 1. The lowest BCUT2D eigenvalue weighted by Crippen LogP contribution is -2.26. The van der Waals surface area contributed by atoms with Gasteiger partial charge in [0, 0.05) is 25.9 Å². The summed E-state index contributed by atoms with van der Waals surface area (Å²) in [5, 5.41) is 7.17. The molecule has 0 aliphatic carbocycles. The van der Waals surface area contributed by atoms with Gasteiger partial charge in [0.1, 0.15) is 12.7 Å². The summed E-state index contributed by atoms with van der Waals surface area (Å²) in [6.45, 7) is 3.59. The van der Waals surface area contributed by atoms with Gasteiger partial charge in [0.2, 0.25) is 5.91 Å². The number of nitrogens with one attached hydrogen (secondary N) is 1. The van der Waals surface area contributed by atoms with E-state index in [-0.39, 0.29) is 11.8 Å². The first-order valence-electron chi connectivity index (χ1n) is 6.31. The van der Waals surface area contributed by atoms with Gasteiger partial charge in [0.25, 0.3) is 0 Å². The summed E-state index contributed by atoms with van der Waals surface area (Å²) in [4.78, 5) is 15.3. The van der Waals surface area contributed by atoms with Crippen molar-refractivity contribution in [1.82, 2.24) is 20.1 Å². The fourth-order valence-corrected chi connectivity index (χ4v) is 1.99. The SMILES string of the molecule is C[C@@H]([CH]C(=S)NCCCCn1cncn1)CC(N)=O. The fraction of sp³-hybridized carbons (Fsp3) is 0.583. The zero-order valence-corrected chi connectivity index (χ0v) is 11.9. The van der Waals surface area contributed by atoms with Gasteiger partial charge in [-0.05, 0) is 18.8 Å². The molecule has 105 valence electrons. The van der Waals surface area contributed by atoms with Crippen molar-refractivity contribution in [3.63, 3.8) is 0 Å². The van der Waals surface area contributed by atoms with E-state index in [0.29, 0.717) is 11.4 Å². The molecule has 0 aliphatic heterocycles. The number of carbonyl (C=O) groups excluding carboxylic acids is 1. The highest BCUT2D eigenvalue weighted by atomic mass is 32.1. The number of thiocarbonyl (C=S) groups is 1. The molecule has 3 N–H and O–H groups in total. The van der Waals surface area contributed by atoms with E-state index in [2.05, 4.69) is 15.4 Å². The number of aromatic nitrogens is 3. The van der Waals surface area contributed by atoms with E-state index in [9.17, 15) is 4.79 Å². The molecule has 1 aromatic rings. The van der Waals surface area contributed by atoms with Crippen molar-refractivity contribution in [3.8, 4) is 0 Å². The molecule has 0 aromatic carbocycles.